The zero-order valence-corrected chi connectivity index (χ0v) is 12.4. The number of rotatable bonds is 4. The number of hydrogen-bond acceptors (Lipinski definition) is 5. The van der Waals surface area contributed by atoms with Crippen LogP contribution in [-0.4, -0.2) is 61.2 Å². The molecule has 2 N–H and O–H groups in total. The van der Waals surface area contributed by atoms with Crippen molar-refractivity contribution in [3.8, 4) is 0 Å². The lowest BCUT2D eigenvalue weighted by Crippen LogP contribution is -2.54. The Balaban J connectivity index is 1.96. The zero-order chi connectivity index (χ0) is 14.8. The molecule has 0 spiro atoms. The average Bonchev–Trinajstić information content (AvgIpc) is 2.84. The van der Waals surface area contributed by atoms with Crippen LogP contribution in [0.15, 0.2) is 17.3 Å². The lowest BCUT2D eigenvalue weighted by atomic mass is 10.2. The van der Waals surface area contributed by atoms with Crippen LogP contribution < -0.4 is 10.0 Å². The molecule has 1 saturated heterocycles. The van der Waals surface area contributed by atoms with Gasteiger partial charge in [-0.15, -0.1) is 0 Å². The molecule has 2 heterocycles. The van der Waals surface area contributed by atoms with Crippen LogP contribution in [0.3, 0.4) is 0 Å². The summed E-state index contributed by atoms with van der Waals surface area (Å²) in [6.07, 6.45) is 2.64. The second-order valence-electron chi connectivity index (χ2n) is 4.81. The SMILES string of the molecule is CC1CNCCN1C(=O)CNS(=O)(=O)c1cnn(C)c1. The molecule has 1 fully saturated rings. The van der Waals surface area contributed by atoms with Crippen molar-refractivity contribution in [1.29, 1.82) is 0 Å². The molecule has 0 aromatic carbocycles. The number of aryl methyl sites for hydroxylation is 1. The lowest BCUT2D eigenvalue weighted by Gasteiger charge is -2.34. The van der Waals surface area contributed by atoms with Gasteiger partial charge in [0.15, 0.2) is 0 Å². The van der Waals surface area contributed by atoms with Gasteiger partial charge in [0.25, 0.3) is 0 Å². The standard InChI is InChI=1S/C11H19N5O3S/c1-9-5-12-3-4-16(9)11(17)7-14-20(18,19)10-6-13-15(2)8-10/h6,8-9,12,14H,3-5,7H2,1-2H3. The number of piperazine rings is 1. The number of amides is 1. The Hall–Kier alpha value is -1.45. The van der Waals surface area contributed by atoms with Crippen LogP contribution in [0.1, 0.15) is 6.92 Å². The first-order valence-corrected chi connectivity index (χ1v) is 7.87. The highest BCUT2D eigenvalue weighted by Gasteiger charge is 2.24. The molecule has 1 aliphatic heterocycles. The van der Waals surface area contributed by atoms with Crippen LogP contribution in [0, 0.1) is 0 Å². The molecule has 0 bridgehead atoms. The fraction of sp³-hybridized carbons (Fsp3) is 0.636. The summed E-state index contributed by atoms with van der Waals surface area (Å²) in [4.78, 5) is 13.8. The van der Waals surface area contributed by atoms with Crippen LogP contribution >= 0.6 is 0 Å². The Morgan fingerprint density at radius 2 is 2.35 bits per heavy atom. The van der Waals surface area contributed by atoms with Gasteiger partial charge in [-0.1, -0.05) is 0 Å². The normalized spacial score (nSPS) is 20.1. The third kappa shape index (κ3) is 3.35. The van der Waals surface area contributed by atoms with Crippen molar-refractivity contribution < 1.29 is 13.2 Å². The molecule has 8 nitrogen and oxygen atoms in total. The highest BCUT2D eigenvalue weighted by molar-refractivity contribution is 7.89. The van der Waals surface area contributed by atoms with Crippen LogP contribution in [-0.2, 0) is 21.9 Å². The minimum Gasteiger partial charge on any atom is -0.336 e. The summed E-state index contributed by atoms with van der Waals surface area (Å²) in [5.74, 6) is -0.216. The predicted molar refractivity (Wildman–Crippen MR) is 72.4 cm³/mol. The van der Waals surface area contributed by atoms with Gasteiger partial charge in [-0.3, -0.25) is 9.48 Å². The van der Waals surface area contributed by atoms with E-state index in [1.54, 1.807) is 11.9 Å². The van der Waals surface area contributed by atoms with Crippen molar-refractivity contribution in [3.05, 3.63) is 12.4 Å². The molecule has 1 amide bonds. The molecule has 1 unspecified atom stereocenters. The van der Waals surface area contributed by atoms with E-state index in [0.29, 0.717) is 6.54 Å². The molecule has 1 atom stereocenters. The van der Waals surface area contributed by atoms with Crippen molar-refractivity contribution in [2.24, 2.45) is 7.05 Å². The molecular formula is C11H19N5O3S. The largest absolute Gasteiger partial charge is 0.336 e. The number of nitrogens with zero attached hydrogens (tertiary/aromatic N) is 3. The van der Waals surface area contributed by atoms with Crippen molar-refractivity contribution in [3.63, 3.8) is 0 Å². The molecule has 9 heteroatoms. The van der Waals surface area contributed by atoms with Gasteiger partial charge in [0.2, 0.25) is 15.9 Å². The lowest BCUT2D eigenvalue weighted by molar-refractivity contribution is -0.132. The highest BCUT2D eigenvalue weighted by atomic mass is 32.2. The molecule has 112 valence electrons. The summed E-state index contributed by atoms with van der Waals surface area (Å²) in [6, 6.07) is 0.0687. The summed E-state index contributed by atoms with van der Waals surface area (Å²) in [6.45, 7) is 3.74. The fourth-order valence-electron chi connectivity index (χ4n) is 2.09. The molecule has 20 heavy (non-hydrogen) atoms. The summed E-state index contributed by atoms with van der Waals surface area (Å²) < 4.78 is 27.6. The van der Waals surface area contributed by atoms with Crippen molar-refractivity contribution in [2.75, 3.05) is 26.2 Å². The van der Waals surface area contributed by atoms with Gasteiger partial charge in [0.1, 0.15) is 4.90 Å². The molecule has 1 aromatic rings. The number of aromatic nitrogens is 2. The third-order valence-electron chi connectivity index (χ3n) is 3.23. The van der Waals surface area contributed by atoms with Gasteiger partial charge in [0.05, 0.1) is 12.7 Å². The molecular weight excluding hydrogens is 282 g/mol. The van der Waals surface area contributed by atoms with E-state index < -0.39 is 10.0 Å². The maximum atomic E-state index is 12.0. The van der Waals surface area contributed by atoms with Crippen LogP contribution in [0.5, 0.6) is 0 Å². The number of sulfonamides is 1. The molecule has 0 radical (unpaired) electrons. The van der Waals surface area contributed by atoms with Crippen LogP contribution in [0.25, 0.3) is 0 Å². The monoisotopic (exact) mass is 301 g/mol. The maximum Gasteiger partial charge on any atom is 0.244 e. The predicted octanol–water partition coefficient (Wildman–Crippen LogP) is -1.48. The first-order valence-electron chi connectivity index (χ1n) is 6.38. The minimum absolute atomic E-state index is 0.0566. The van der Waals surface area contributed by atoms with E-state index in [-0.39, 0.29) is 23.4 Å². The van der Waals surface area contributed by atoms with Gasteiger partial charge in [-0.05, 0) is 6.92 Å². The van der Waals surface area contributed by atoms with Crippen LogP contribution in [0.2, 0.25) is 0 Å². The zero-order valence-electron chi connectivity index (χ0n) is 11.5. The number of nitrogens with one attached hydrogen (secondary N) is 2. The third-order valence-corrected chi connectivity index (χ3v) is 4.58. The Labute approximate surface area is 118 Å². The number of carbonyl (C=O) groups is 1. The van der Waals surface area contributed by atoms with Gasteiger partial charge in [0, 0.05) is 38.9 Å². The summed E-state index contributed by atoms with van der Waals surface area (Å²) in [5.41, 5.74) is 0. The maximum absolute atomic E-state index is 12.0. The van der Waals surface area contributed by atoms with Crippen molar-refractivity contribution in [2.45, 2.75) is 17.9 Å². The van der Waals surface area contributed by atoms with Crippen molar-refractivity contribution >= 4 is 15.9 Å². The molecule has 1 aliphatic rings. The number of carbonyl (C=O) groups excluding carboxylic acids is 1. The topological polar surface area (TPSA) is 96.3 Å². The summed E-state index contributed by atoms with van der Waals surface area (Å²) >= 11 is 0. The summed E-state index contributed by atoms with van der Waals surface area (Å²) in [5, 5.41) is 6.98. The van der Waals surface area contributed by atoms with Gasteiger partial charge in [-0.25, -0.2) is 13.1 Å². The molecule has 1 aromatic heterocycles. The second kappa shape index (κ2) is 5.90. The van der Waals surface area contributed by atoms with E-state index in [2.05, 4.69) is 15.1 Å². The smallest absolute Gasteiger partial charge is 0.244 e. The number of hydrogen-bond donors (Lipinski definition) is 2. The molecule has 0 aliphatic carbocycles. The first kappa shape index (κ1) is 14.9. The first-order chi connectivity index (χ1) is 9.40. The summed E-state index contributed by atoms with van der Waals surface area (Å²) in [7, 11) is -2.06. The van der Waals surface area contributed by atoms with E-state index in [4.69, 9.17) is 0 Å². The minimum atomic E-state index is -3.69. The highest BCUT2D eigenvalue weighted by Crippen LogP contribution is 2.07. The average molecular weight is 301 g/mol. The van der Waals surface area contributed by atoms with E-state index in [1.165, 1.54) is 17.1 Å². The van der Waals surface area contributed by atoms with Crippen LogP contribution in [0.4, 0.5) is 0 Å². The van der Waals surface area contributed by atoms with E-state index in [1.807, 2.05) is 6.92 Å². The van der Waals surface area contributed by atoms with E-state index >= 15 is 0 Å². The Kier molecular flexibility index (Phi) is 4.41. The Morgan fingerprint density at radius 3 is 2.95 bits per heavy atom. The van der Waals surface area contributed by atoms with E-state index in [0.717, 1.165) is 13.1 Å². The second-order valence-corrected chi connectivity index (χ2v) is 6.58. The van der Waals surface area contributed by atoms with Gasteiger partial charge in [-0.2, -0.15) is 5.10 Å². The van der Waals surface area contributed by atoms with E-state index in [9.17, 15) is 13.2 Å². The molecule has 0 saturated carbocycles. The Bertz CT molecular complexity index is 583. The molecule has 2 rings (SSSR count). The van der Waals surface area contributed by atoms with Gasteiger partial charge >= 0.3 is 0 Å². The Morgan fingerprint density at radius 1 is 1.60 bits per heavy atom. The quantitative estimate of drug-likeness (QED) is 0.707. The fourth-order valence-corrected chi connectivity index (χ4v) is 3.05. The van der Waals surface area contributed by atoms with Gasteiger partial charge < -0.3 is 10.2 Å². The van der Waals surface area contributed by atoms with Crippen molar-refractivity contribution in [1.82, 2.24) is 24.7 Å².